The first-order valence-corrected chi connectivity index (χ1v) is 10.2. The number of anilines is 1. The molecule has 0 radical (unpaired) electrons. The van der Waals surface area contributed by atoms with E-state index in [4.69, 9.17) is 14.7 Å². The molecule has 4 rings (SSSR count). The van der Waals surface area contributed by atoms with E-state index in [1.807, 2.05) is 0 Å². The number of hydrogen-bond donors (Lipinski definition) is 0. The molecule has 3 aliphatic rings. The van der Waals surface area contributed by atoms with Gasteiger partial charge in [-0.2, -0.15) is 0 Å². The van der Waals surface area contributed by atoms with Crippen molar-refractivity contribution in [3.05, 3.63) is 17.0 Å². The molecule has 0 unspecified atom stereocenters. The maximum atomic E-state index is 12.7. The summed E-state index contributed by atoms with van der Waals surface area (Å²) in [6.45, 7) is 6.86. The highest BCUT2D eigenvalue weighted by Gasteiger charge is 2.26. The van der Waals surface area contributed by atoms with Crippen molar-refractivity contribution in [3.8, 4) is 0 Å². The van der Waals surface area contributed by atoms with Gasteiger partial charge in [-0.1, -0.05) is 12.8 Å². The largest absolute Gasteiger partial charge is 0.378 e. The van der Waals surface area contributed by atoms with E-state index in [9.17, 15) is 4.79 Å². The lowest BCUT2D eigenvalue weighted by molar-refractivity contribution is -0.132. The number of carbonyl (C=O) groups is 1. The standard InChI is InChI=1S/C20H30N4O2/c1-15-17-6-8-23(19(25)14-16-4-2-3-5-16)9-7-18(17)22-20(21-15)24-10-12-26-13-11-24/h16H,2-14H2,1H3. The highest BCUT2D eigenvalue weighted by atomic mass is 16.5. The predicted molar refractivity (Wildman–Crippen MR) is 100 cm³/mol. The average Bonchev–Trinajstić information content (AvgIpc) is 3.06. The minimum Gasteiger partial charge on any atom is -0.378 e. The van der Waals surface area contributed by atoms with E-state index in [1.165, 1.54) is 31.2 Å². The van der Waals surface area contributed by atoms with Crippen LogP contribution in [0.1, 0.15) is 49.1 Å². The number of ether oxygens (including phenoxy) is 1. The van der Waals surface area contributed by atoms with Crippen LogP contribution < -0.4 is 4.90 Å². The van der Waals surface area contributed by atoms with E-state index < -0.39 is 0 Å². The summed E-state index contributed by atoms with van der Waals surface area (Å²) in [7, 11) is 0. The van der Waals surface area contributed by atoms with Crippen molar-refractivity contribution in [1.29, 1.82) is 0 Å². The number of aromatic nitrogens is 2. The minimum atomic E-state index is 0.337. The Hall–Kier alpha value is -1.69. The third kappa shape index (κ3) is 3.85. The number of carbonyl (C=O) groups excluding carboxylic acids is 1. The first-order chi connectivity index (χ1) is 12.7. The molecule has 1 saturated carbocycles. The van der Waals surface area contributed by atoms with Crippen LogP contribution in [0.25, 0.3) is 0 Å². The van der Waals surface area contributed by atoms with Crippen molar-refractivity contribution in [3.63, 3.8) is 0 Å². The molecule has 6 nitrogen and oxygen atoms in total. The molecule has 0 atom stereocenters. The molecule has 1 amide bonds. The average molecular weight is 358 g/mol. The first-order valence-electron chi connectivity index (χ1n) is 10.2. The van der Waals surface area contributed by atoms with Crippen LogP contribution in [0, 0.1) is 12.8 Å². The molecule has 26 heavy (non-hydrogen) atoms. The van der Waals surface area contributed by atoms with Gasteiger partial charge in [0, 0.05) is 44.7 Å². The molecule has 1 saturated heterocycles. The van der Waals surface area contributed by atoms with Gasteiger partial charge in [-0.05, 0) is 37.7 Å². The van der Waals surface area contributed by atoms with E-state index in [-0.39, 0.29) is 0 Å². The summed E-state index contributed by atoms with van der Waals surface area (Å²) in [5, 5.41) is 0. The van der Waals surface area contributed by atoms with Gasteiger partial charge in [-0.15, -0.1) is 0 Å². The lowest BCUT2D eigenvalue weighted by Gasteiger charge is -2.27. The molecular formula is C20H30N4O2. The summed E-state index contributed by atoms with van der Waals surface area (Å²) in [4.78, 5) is 26.6. The van der Waals surface area contributed by atoms with E-state index in [2.05, 4.69) is 16.7 Å². The Balaban J connectivity index is 1.45. The fraction of sp³-hybridized carbons (Fsp3) is 0.750. The molecule has 0 N–H and O–H groups in total. The van der Waals surface area contributed by atoms with Gasteiger partial charge in [0.15, 0.2) is 0 Å². The van der Waals surface area contributed by atoms with Crippen LogP contribution in [0.2, 0.25) is 0 Å². The molecule has 1 aromatic rings. The molecule has 2 aliphatic heterocycles. The molecule has 6 heteroatoms. The van der Waals surface area contributed by atoms with Crippen LogP contribution in [0.15, 0.2) is 0 Å². The maximum Gasteiger partial charge on any atom is 0.225 e. The zero-order chi connectivity index (χ0) is 17.9. The van der Waals surface area contributed by atoms with Gasteiger partial charge in [0.25, 0.3) is 0 Å². The Morgan fingerprint density at radius 1 is 1.08 bits per heavy atom. The van der Waals surface area contributed by atoms with Crippen molar-refractivity contribution in [1.82, 2.24) is 14.9 Å². The number of amides is 1. The second-order valence-electron chi connectivity index (χ2n) is 7.87. The number of hydrogen-bond acceptors (Lipinski definition) is 5. The van der Waals surface area contributed by atoms with Crippen LogP contribution in [0.5, 0.6) is 0 Å². The van der Waals surface area contributed by atoms with E-state index in [0.29, 0.717) is 11.8 Å². The fourth-order valence-corrected chi connectivity index (χ4v) is 4.52. The third-order valence-corrected chi connectivity index (χ3v) is 6.12. The van der Waals surface area contributed by atoms with Gasteiger partial charge in [0.1, 0.15) is 0 Å². The van der Waals surface area contributed by atoms with Crippen molar-refractivity contribution in [2.75, 3.05) is 44.3 Å². The van der Waals surface area contributed by atoms with E-state index in [1.54, 1.807) is 0 Å². The van der Waals surface area contributed by atoms with Gasteiger partial charge in [-0.25, -0.2) is 9.97 Å². The lowest BCUT2D eigenvalue weighted by Crippen LogP contribution is -2.37. The monoisotopic (exact) mass is 358 g/mol. The molecule has 1 aromatic heterocycles. The molecule has 1 aliphatic carbocycles. The zero-order valence-corrected chi connectivity index (χ0v) is 15.9. The third-order valence-electron chi connectivity index (χ3n) is 6.12. The molecule has 0 aromatic carbocycles. The van der Waals surface area contributed by atoms with Gasteiger partial charge >= 0.3 is 0 Å². The molecule has 2 fully saturated rings. The highest BCUT2D eigenvalue weighted by molar-refractivity contribution is 5.76. The summed E-state index contributed by atoms with van der Waals surface area (Å²) in [6.07, 6.45) is 7.50. The molecule has 0 spiro atoms. The van der Waals surface area contributed by atoms with E-state index >= 15 is 0 Å². The SMILES string of the molecule is Cc1nc(N2CCOCC2)nc2c1CCN(C(=O)CC1CCCC1)CC2. The molecular weight excluding hydrogens is 328 g/mol. The zero-order valence-electron chi connectivity index (χ0n) is 15.9. The number of aryl methyl sites for hydroxylation is 1. The summed E-state index contributed by atoms with van der Waals surface area (Å²) in [5.41, 5.74) is 3.45. The smallest absolute Gasteiger partial charge is 0.225 e. The second-order valence-corrected chi connectivity index (χ2v) is 7.87. The maximum absolute atomic E-state index is 12.7. The Labute approximate surface area is 155 Å². The fourth-order valence-electron chi connectivity index (χ4n) is 4.52. The number of rotatable bonds is 3. The normalized spacial score (nSPS) is 21.6. The van der Waals surface area contributed by atoms with Gasteiger partial charge < -0.3 is 14.5 Å². The van der Waals surface area contributed by atoms with Crippen LogP contribution >= 0.6 is 0 Å². The Bertz CT molecular complexity index is 651. The van der Waals surface area contributed by atoms with Crippen molar-refractivity contribution < 1.29 is 9.53 Å². The Morgan fingerprint density at radius 3 is 2.58 bits per heavy atom. The van der Waals surface area contributed by atoms with Gasteiger partial charge in [-0.3, -0.25) is 4.79 Å². The summed E-state index contributed by atoms with van der Waals surface area (Å²) < 4.78 is 5.44. The number of nitrogens with zero attached hydrogens (tertiary/aromatic N) is 4. The van der Waals surface area contributed by atoms with Crippen molar-refractivity contribution in [2.24, 2.45) is 5.92 Å². The minimum absolute atomic E-state index is 0.337. The summed E-state index contributed by atoms with van der Waals surface area (Å²) >= 11 is 0. The quantitative estimate of drug-likeness (QED) is 0.828. The predicted octanol–water partition coefficient (Wildman–Crippen LogP) is 2.13. The molecule has 3 heterocycles. The number of morpholine rings is 1. The van der Waals surface area contributed by atoms with Crippen LogP contribution in [0.4, 0.5) is 5.95 Å². The topological polar surface area (TPSA) is 58.6 Å². The first kappa shape index (κ1) is 17.7. The Kier molecular flexibility index (Phi) is 5.38. The summed E-state index contributed by atoms with van der Waals surface area (Å²) in [6, 6.07) is 0. The second kappa shape index (κ2) is 7.91. The lowest BCUT2D eigenvalue weighted by atomic mass is 10.0. The van der Waals surface area contributed by atoms with Gasteiger partial charge in [0.2, 0.25) is 11.9 Å². The number of fused-ring (bicyclic) bond motifs is 1. The highest BCUT2D eigenvalue weighted by Crippen LogP contribution is 2.28. The molecule has 142 valence electrons. The van der Waals surface area contributed by atoms with Crippen LogP contribution in [-0.2, 0) is 22.4 Å². The van der Waals surface area contributed by atoms with Crippen LogP contribution in [-0.4, -0.2) is 60.2 Å². The Morgan fingerprint density at radius 2 is 1.81 bits per heavy atom. The van der Waals surface area contributed by atoms with Crippen molar-refractivity contribution >= 4 is 11.9 Å². The molecule has 0 bridgehead atoms. The van der Waals surface area contributed by atoms with Crippen molar-refractivity contribution in [2.45, 2.75) is 51.9 Å². The van der Waals surface area contributed by atoms with Crippen LogP contribution in [0.3, 0.4) is 0 Å². The van der Waals surface area contributed by atoms with Gasteiger partial charge in [0.05, 0.1) is 18.9 Å². The summed E-state index contributed by atoms with van der Waals surface area (Å²) in [5.74, 6) is 1.78. The van der Waals surface area contributed by atoms with E-state index in [0.717, 1.165) is 76.0 Å².